The molecule has 0 aliphatic rings. The van der Waals surface area contributed by atoms with Gasteiger partial charge in [0.05, 0.1) is 24.4 Å². The molecule has 0 aliphatic carbocycles. The zero-order valence-electron chi connectivity index (χ0n) is 16.4. The number of amides is 1. The molecule has 2 aromatic carbocycles. The smallest absolute Gasteiger partial charge is 0.252 e. The first-order chi connectivity index (χ1) is 14.5. The minimum atomic E-state index is -0.582. The number of anilines is 1. The molecule has 0 unspecified atom stereocenters. The molecule has 0 radical (unpaired) electrons. The van der Waals surface area contributed by atoms with Crippen LogP contribution in [0.25, 0.3) is 33.5 Å². The quantitative estimate of drug-likeness (QED) is 0.529. The molecule has 8 nitrogen and oxygen atoms in total. The summed E-state index contributed by atoms with van der Waals surface area (Å²) >= 11 is 0. The van der Waals surface area contributed by atoms with Crippen LogP contribution in [0.5, 0.6) is 5.75 Å². The maximum atomic E-state index is 12.9. The second-order valence-corrected chi connectivity index (χ2v) is 6.67. The highest BCUT2D eigenvalue weighted by molar-refractivity contribution is 5.94. The van der Waals surface area contributed by atoms with Crippen LogP contribution in [0.2, 0.25) is 0 Å². The third-order valence-electron chi connectivity index (χ3n) is 4.90. The number of carbonyl (C=O) groups excluding carboxylic acids is 1. The molecule has 4 rings (SSSR count). The minimum Gasteiger partial charge on any atom is -0.496 e. The number of hydrogen-bond acceptors (Lipinski definition) is 6. The summed E-state index contributed by atoms with van der Waals surface area (Å²) in [7, 11) is 3.12. The number of methoxy groups -OCH3 is 1. The van der Waals surface area contributed by atoms with E-state index in [4.69, 9.17) is 14.3 Å². The van der Waals surface area contributed by atoms with E-state index in [2.05, 4.69) is 9.97 Å². The molecule has 0 fully saturated rings. The monoisotopic (exact) mass is 405 g/mol. The number of benzene rings is 2. The number of H-pyrrole nitrogens is 1. The fraction of sp³-hybridized carbons (Fsp3) is 0.136. The van der Waals surface area contributed by atoms with Crippen LogP contribution >= 0.6 is 0 Å². The first-order valence-electron chi connectivity index (χ1n) is 9.13. The van der Waals surface area contributed by atoms with Crippen molar-refractivity contribution in [2.24, 2.45) is 0 Å². The molecule has 0 saturated heterocycles. The molecule has 0 spiro atoms. The van der Waals surface area contributed by atoms with Gasteiger partial charge in [0.1, 0.15) is 12.4 Å². The Hall–Kier alpha value is -3.91. The van der Waals surface area contributed by atoms with E-state index in [0.29, 0.717) is 39.4 Å². The minimum absolute atomic E-state index is 0.174. The van der Waals surface area contributed by atoms with Gasteiger partial charge < -0.3 is 24.1 Å². The molecule has 2 N–H and O–H groups in total. The maximum absolute atomic E-state index is 12.9. The fourth-order valence-electron chi connectivity index (χ4n) is 3.27. The first-order valence-corrected chi connectivity index (χ1v) is 9.13. The Bertz CT molecular complexity index is 1280. The van der Waals surface area contributed by atoms with E-state index in [1.165, 1.54) is 17.4 Å². The van der Waals surface area contributed by atoms with Crippen LogP contribution in [0.1, 0.15) is 0 Å². The average molecular weight is 405 g/mol. The molecule has 152 valence electrons. The van der Waals surface area contributed by atoms with Gasteiger partial charge in [-0.1, -0.05) is 12.1 Å². The van der Waals surface area contributed by atoms with Gasteiger partial charge in [0.25, 0.3) is 5.91 Å². The van der Waals surface area contributed by atoms with Crippen LogP contribution in [0.15, 0.2) is 64.3 Å². The highest BCUT2D eigenvalue weighted by Crippen LogP contribution is 2.33. The lowest BCUT2D eigenvalue weighted by Gasteiger charge is -2.17. The number of oxazole rings is 1. The van der Waals surface area contributed by atoms with Crippen molar-refractivity contribution in [2.75, 3.05) is 25.7 Å². The number of aliphatic hydroxyl groups is 1. The lowest BCUT2D eigenvalue weighted by atomic mass is 10.0. The zero-order valence-corrected chi connectivity index (χ0v) is 16.4. The summed E-state index contributed by atoms with van der Waals surface area (Å²) in [5.41, 5.74) is 2.98. The molecule has 4 aromatic rings. The van der Waals surface area contributed by atoms with Crippen LogP contribution in [-0.4, -0.2) is 41.7 Å². The van der Waals surface area contributed by atoms with E-state index in [0.717, 1.165) is 5.56 Å². The van der Waals surface area contributed by atoms with Crippen molar-refractivity contribution in [3.63, 3.8) is 0 Å². The third-order valence-corrected chi connectivity index (χ3v) is 4.90. The molecular weight excluding hydrogens is 386 g/mol. The number of rotatable bonds is 5. The number of aromatic nitrogens is 2. The van der Waals surface area contributed by atoms with E-state index in [-0.39, 0.29) is 5.43 Å². The molecule has 2 aromatic heterocycles. The number of aromatic amines is 1. The Kier molecular flexibility index (Phi) is 5.07. The van der Waals surface area contributed by atoms with Gasteiger partial charge in [0.15, 0.2) is 17.6 Å². The second kappa shape index (κ2) is 7.84. The summed E-state index contributed by atoms with van der Waals surface area (Å²) in [6.07, 6.45) is 2.87. The summed E-state index contributed by atoms with van der Waals surface area (Å²) in [5, 5.41) is 9.57. The molecular formula is C22H19N3O5. The molecule has 0 saturated carbocycles. The van der Waals surface area contributed by atoms with Crippen LogP contribution in [-0.2, 0) is 4.79 Å². The Morgan fingerprint density at radius 1 is 1.27 bits per heavy atom. The van der Waals surface area contributed by atoms with Gasteiger partial charge in [-0.2, -0.15) is 0 Å². The average Bonchev–Trinajstić information content (AvgIpc) is 3.32. The van der Waals surface area contributed by atoms with Gasteiger partial charge >= 0.3 is 0 Å². The van der Waals surface area contributed by atoms with Gasteiger partial charge in [-0.25, -0.2) is 4.98 Å². The molecule has 0 bridgehead atoms. The Morgan fingerprint density at radius 3 is 2.80 bits per heavy atom. The maximum Gasteiger partial charge on any atom is 0.252 e. The van der Waals surface area contributed by atoms with E-state index >= 15 is 0 Å². The zero-order chi connectivity index (χ0) is 21.3. The van der Waals surface area contributed by atoms with Crippen molar-refractivity contribution in [3.8, 4) is 28.3 Å². The Morgan fingerprint density at radius 2 is 2.10 bits per heavy atom. The van der Waals surface area contributed by atoms with E-state index in [1.807, 2.05) is 6.07 Å². The number of nitrogens with one attached hydrogen (secondary N) is 1. The van der Waals surface area contributed by atoms with Crippen molar-refractivity contribution < 1.29 is 19.1 Å². The number of aliphatic hydroxyl groups excluding tert-OH is 1. The Balaban J connectivity index is 1.83. The number of likely N-dealkylation sites (N-methyl/N-ethyl adjacent to an activating group) is 1. The van der Waals surface area contributed by atoms with E-state index in [1.54, 1.807) is 50.7 Å². The normalized spacial score (nSPS) is 10.9. The molecule has 1 amide bonds. The van der Waals surface area contributed by atoms with Gasteiger partial charge in [0, 0.05) is 41.5 Å². The first kappa shape index (κ1) is 19.4. The van der Waals surface area contributed by atoms with Crippen LogP contribution in [0.4, 0.5) is 5.69 Å². The van der Waals surface area contributed by atoms with Gasteiger partial charge in [-0.3, -0.25) is 9.59 Å². The van der Waals surface area contributed by atoms with Crippen LogP contribution < -0.4 is 15.1 Å². The number of fused-ring (bicyclic) bond motifs is 1. The highest BCUT2D eigenvalue weighted by Gasteiger charge is 2.15. The standard InChI is InChI=1S/C22H19N3O5/c1-25(22(28)11-26)14-5-3-4-13(6-14)17-8-19(27)15-7-16(21-10-23-12-30-21)20(29-2)9-18(15)24-17/h3-10,12,26H,11H2,1-2H3,(H,24,27). The highest BCUT2D eigenvalue weighted by atomic mass is 16.5. The summed E-state index contributed by atoms with van der Waals surface area (Å²) in [4.78, 5) is 33.2. The van der Waals surface area contributed by atoms with Gasteiger partial charge in [-0.15, -0.1) is 0 Å². The SMILES string of the molecule is COc1cc2[nH]c(-c3cccc(N(C)C(=O)CO)c3)cc(=O)c2cc1-c1cnco1. The molecule has 8 heteroatoms. The largest absolute Gasteiger partial charge is 0.496 e. The number of nitrogens with zero attached hydrogens (tertiary/aromatic N) is 2. The van der Waals surface area contributed by atoms with Crippen molar-refractivity contribution in [3.05, 3.63) is 65.3 Å². The van der Waals surface area contributed by atoms with Gasteiger partial charge in [0.2, 0.25) is 0 Å². The molecule has 30 heavy (non-hydrogen) atoms. The lowest BCUT2D eigenvalue weighted by Crippen LogP contribution is -2.28. The summed E-state index contributed by atoms with van der Waals surface area (Å²) in [5.74, 6) is 0.611. The molecule has 2 heterocycles. The van der Waals surface area contributed by atoms with E-state index in [9.17, 15) is 9.59 Å². The van der Waals surface area contributed by atoms with Crippen molar-refractivity contribution >= 4 is 22.5 Å². The van der Waals surface area contributed by atoms with Crippen LogP contribution in [0.3, 0.4) is 0 Å². The number of hydrogen-bond donors (Lipinski definition) is 2. The van der Waals surface area contributed by atoms with Crippen molar-refractivity contribution in [1.82, 2.24) is 9.97 Å². The number of ether oxygens (including phenoxy) is 1. The topological polar surface area (TPSA) is 109 Å². The summed E-state index contributed by atoms with van der Waals surface area (Å²) in [6.45, 7) is -0.582. The number of carbonyl (C=O) groups is 1. The molecule has 0 atom stereocenters. The predicted molar refractivity (Wildman–Crippen MR) is 113 cm³/mol. The van der Waals surface area contributed by atoms with E-state index < -0.39 is 12.5 Å². The fourth-order valence-corrected chi connectivity index (χ4v) is 3.27. The second-order valence-electron chi connectivity index (χ2n) is 6.67. The Labute approximate surface area is 171 Å². The predicted octanol–water partition coefficient (Wildman–Crippen LogP) is 2.81. The summed E-state index contributed by atoms with van der Waals surface area (Å²) in [6, 6.07) is 12.1. The summed E-state index contributed by atoms with van der Waals surface area (Å²) < 4.78 is 10.8. The number of pyridine rings is 1. The lowest BCUT2D eigenvalue weighted by molar-refractivity contribution is -0.120. The van der Waals surface area contributed by atoms with Crippen molar-refractivity contribution in [1.29, 1.82) is 0 Å². The van der Waals surface area contributed by atoms with Crippen molar-refractivity contribution in [2.45, 2.75) is 0 Å². The third kappa shape index (κ3) is 3.44. The van der Waals surface area contributed by atoms with Crippen LogP contribution in [0, 0.1) is 0 Å². The van der Waals surface area contributed by atoms with Gasteiger partial charge in [-0.05, 0) is 18.2 Å². The molecule has 0 aliphatic heterocycles.